The highest BCUT2D eigenvalue weighted by Crippen LogP contribution is 2.20. The van der Waals surface area contributed by atoms with Gasteiger partial charge in [-0.15, -0.1) is 0 Å². The van der Waals surface area contributed by atoms with Crippen molar-refractivity contribution in [3.05, 3.63) is 29.8 Å². The van der Waals surface area contributed by atoms with Gasteiger partial charge in [0.25, 0.3) is 0 Å². The van der Waals surface area contributed by atoms with Crippen LogP contribution in [0.4, 0.5) is 0 Å². The molecule has 0 aliphatic carbocycles. The Morgan fingerprint density at radius 3 is 2.59 bits per heavy atom. The summed E-state index contributed by atoms with van der Waals surface area (Å²) in [6, 6.07) is 6.35. The largest absolute Gasteiger partial charge is 0.442 e. The summed E-state index contributed by atoms with van der Waals surface area (Å²) in [6.07, 6.45) is 0.503. The highest BCUT2D eigenvalue weighted by molar-refractivity contribution is 6.20. The van der Waals surface area contributed by atoms with Crippen LogP contribution < -0.4 is 4.74 Å². The van der Waals surface area contributed by atoms with Crippen LogP contribution in [0.5, 0.6) is 5.75 Å². The van der Waals surface area contributed by atoms with Crippen molar-refractivity contribution in [2.75, 3.05) is 0 Å². The molecular formula is C12H13ClO4. The molecule has 4 nitrogen and oxygen atoms in total. The van der Waals surface area contributed by atoms with E-state index in [1.165, 1.54) is 19.1 Å². The highest BCUT2D eigenvalue weighted by Gasteiger charge is 2.17. The Morgan fingerprint density at radius 2 is 2.00 bits per heavy atom. The Labute approximate surface area is 104 Å². The van der Waals surface area contributed by atoms with E-state index in [2.05, 4.69) is 0 Å². The average Bonchev–Trinajstić information content (AvgIpc) is 2.28. The fraction of sp³-hybridized carbons (Fsp3) is 0.333. The molecule has 17 heavy (non-hydrogen) atoms. The molecule has 0 aromatic heterocycles. The van der Waals surface area contributed by atoms with Crippen LogP contribution in [0, 0.1) is 0 Å². The molecule has 92 valence electrons. The van der Waals surface area contributed by atoms with E-state index in [4.69, 9.17) is 21.1 Å². The molecule has 1 aromatic rings. The Balaban J connectivity index is 2.88. The van der Waals surface area contributed by atoms with E-state index in [9.17, 15) is 9.59 Å². The summed E-state index contributed by atoms with van der Waals surface area (Å²) >= 11 is 5.72. The third-order valence-corrected chi connectivity index (χ3v) is 2.31. The Kier molecular flexibility index (Phi) is 4.97. The fourth-order valence-electron chi connectivity index (χ4n) is 1.14. The van der Waals surface area contributed by atoms with Crippen molar-refractivity contribution >= 4 is 23.5 Å². The van der Waals surface area contributed by atoms with Gasteiger partial charge in [-0.25, -0.2) is 4.79 Å². The summed E-state index contributed by atoms with van der Waals surface area (Å²) in [5, 5.41) is 0. The first-order valence-corrected chi connectivity index (χ1v) is 5.60. The molecule has 0 aliphatic rings. The van der Waals surface area contributed by atoms with Gasteiger partial charge in [-0.2, -0.15) is 0 Å². The van der Waals surface area contributed by atoms with Crippen LogP contribution in [0.15, 0.2) is 24.3 Å². The van der Waals surface area contributed by atoms with Crippen molar-refractivity contribution < 1.29 is 19.1 Å². The van der Waals surface area contributed by atoms with E-state index in [1.54, 1.807) is 19.1 Å². The number of rotatable bonds is 4. The topological polar surface area (TPSA) is 52.6 Å². The predicted octanol–water partition coefficient (Wildman–Crippen LogP) is 2.74. The summed E-state index contributed by atoms with van der Waals surface area (Å²) in [6.45, 7) is 3.06. The predicted molar refractivity (Wildman–Crippen MR) is 63.1 cm³/mol. The standard InChI is InChI=1S/C12H13ClO4/c1-3-11(13)17-12(15)9-6-4-5-7-10(9)16-8(2)14/h4-7,11H,3H2,1-2H3/t11-/m1/s1. The Hall–Kier alpha value is -1.55. The number of halogens is 1. The number of ether oxygens (including phenoxy) is 2. The van der Waals surface area contributed by atoms with Gasteiger partial charge >= 0.3 is 11.9 Å². The van der Waals surface area contributed by atoms with Gasteiger partial charge in [0.2, 0.25) is 0 Å². The minimum Gasteiger partial charge on any atom is -0.442 e. The molecule has 0 saturated carbocycles. The number of para-hydroxylation sites is 1. The second-order valence-corrected chi connectivity index (χ2v) is 3.80. The maximum Gasteiger partial charge on any atom is 0.343 e. The molecular weight excluding hydrogens is 244 g/mol. The average molecular weight is 257 g/mol. The second-order valence-electron chi connectivity index (χ2n) is 3.31. The van der Waals surface area contributed by atoms with Gasteiger partial charge in [-0.05, 0) is 18.6 Å². The molecule has 0 unspecified atom stereocenters. The van der Waals surface area contributed by atoms with Crippen molar-refractivity contribution in [3.8, 4) is 5.75 Å². The lowest BCUT2D eigenvalue weighted by Gasteiger charge is -2.11. The smallest absolute Gasteiger partial charge is 0.343 e. The molecule has 1 atom stereocenters. The van der Waals surface area contributed by atoms with Gasteiger partial charge in [0.1, 0.15) is 11.3 Å². The van der Waals surface area contributed by atoms with Crippen LogP contribution in [0.1, 0.15) is 30.6 Å². The maximum absolute atomic E-state index is 11.7. The first-order valence-electron chi connectivity index (χ1n) is 5.17. The molecule has 0 aliphatic heterocycles. The van der Waals surface area contributed by atoms with E-state index in [1.807, 2.05) is 0 Å². The van der Waals surface area contributed by atoms with E-state index in [0.29, 0.717) is 6.42 Å². The summed E-state index contributed by atoms with van der Waals surface area (Å²) in [7, 11) is 0. The summed E-state index contributed by atoms with van der Waals surface area (Å²) < 4.78 is 9.84. The Morgan fingerprint density at radius 1 is 1.35 bits per heavy atom. The first kappa shape index (κ1) is 13.5. The molecule has 0 amide bonds. The van der Waals surface area contributed by atoms with Crippen LogP contribution in [0.3, 0.4) is 0 Å². The van der Waals surface area contributed by atoms with Crippen molar-refractivity contribution in [2.45, 2.75) is 25.8 Å². The molecule has 0 radical (unpaired) electrons. The number of alkyl halides is 1. The molecule has 0 fully saturated rings. The zero-order valence-electron chi connectivity index (χ0n) is 9.60. The number of hydrogen-bond acceptors (Lipinski definition) is 4. The second kappa shape index (κ2) is 6.25. The monoisotopic (exact) mass is 256 g/mol. The minimum atomic E-state index is -0.687. The molecule has 1 rings (SSSR count). The van der Waals surface area contributed by atoms with Crippen molar-refractivity contribution in [1.82, 2.24) is 0 Å². The van der Waals surface area contributed by atoms with Gasteiger partial charge in [-0.1, -0.05) is 30.7 Å². The number of benzene rings is 1. The minimum absolute atomic E-state index is 0.171. The van der Waals surface area contributed by atoms with Gasteiger partial charge in [-0.3, -0.25) is 4.79 Å². The number of hydrogen-bond donors (Lipinski definition) is 0. The van der Waals surface area contributed by atoms with Gasteiger partial charge in [0.05, 0.1) is 0 Å². The third kappa shape index (κ3) is 4.07. The lowest BCUT2D eigenvalue weighted by atomic mass is 10.2. The van der Waals surface area contributed by atoms with Crippen LogP contribution in [-0.4, -0.2) is 17.5 Å². The van der Waals surface area contributed by atoms with E-state index in [-0.39, 0.29) is 11.3 Å². The Bertz CT molecular complexity index is 417. The number of carbonyl (C=O) groups excluding carboxylic acids is 2. The molecule has 5 heteroatoms. The van der Waals surface area contributed by atoms with Crippen LogP contribution in [0.25, 0.3) is 0 Å². The lowest BCUT2D eigenvalue weighted by molar-refractivity contribution is -0.131. The first-order chi connectivity index (χ1) is 8.04. The van der Waals surface area contributed by atoms with E-state index < -0.39 is 17.5 Å². The van der Waals surface area contributed by atoms with Crippen molar-refractivity contribution in [2.24, 2.45) is 0 Å². The molecule has 0 spiro atoms. The van der Waals surface area contributed by atoms with Crippen molar-refractivity contribution in [1.29, 1.82) is 0 Å². The van der Waals surface area contributed by atoms with Crippen LogP contribution in [0.2, 0.25) is 0 Å². The van der Waals surface area contributed by atoms with Gasteiger partial charge in [0, 0.05) is 6.92 Å². The van der Waals surface area contributed by atoms with Crippen LogP contribution >= 0.6 is 11.6 Å². The highest BCUT2D eigenvalue weighted by atomic mass is 35.5. The third-order valence-electron chi connectivity index (χ3n) is 1.92. The van der Waals surface area contributed by atoms with Crippen molar-refractivity contribution in [3.63, 3.8) is 0 Å². The van der Waals surface area contributed by atoms with Crippen LogP contribution in [-0.2, 0) is 9.53 Å². The normalized spacial score (nSPS) is 11.7. The summed E-state index contributed by atoms with van der Waals surface area (Å²) in [5.41, 5.74) is -0.505. The maximum atomic E-state index is 11.7. The SMILES string of the molecule is CC[C@H](Cl)OC(=O)c1ccccc1OC(C)=O. The van der Waals surface area contributed by atoms with E-state index >= 15 is 0 Å². The lowest BCUT2D eigenvalue weighted by Crippen LogP contribution is -2.14. The fourth-order valence-corrected chi connectivity index (χ4v) is 1.22. The number of carbonyl (C=O) groups is 2. The molecule has 0 N–H and O–H groups in total. The molecule has 0 heterocycles. The summed E-state index contributed by atoms with van der Waals surface area (Å²) in [5.74, 6) is -0.933. The quantitative estimate of drug-likeness (QED) is 0.472. The molecule has 0 bridgehead atoms. The summed E-state index contributed by atoms with van der Waals surface area (Å²) in [4.78, 5) is 22.6. The van der Waals surface area contributed by atoms with Gasteiger partial charge < -0.3 is 9.47 Å². The zero-order valence-corrected chi connectivity index (χ0v) is 10.4. The van der Waals surface area contributed by atoms with E-state index in [0.717, 1.165) is 0 Å². The van der Waals surface area contributed by atoms with Gasteiger partial charge in [0.15, 0.2) is 5.56 Å². The molecule has 1 aromatic carbocycles. The molecule has 0 saturated heterocycles. The zero-order chi connectivity index (χ0) is 12.8. The number of esters is 2.